The van der Waals surface area contributed by atoms with E-state index in [1.54, 1.807) is 24.5 Å². The minimum absolute atomic E-state index is 0.0706. The fourth-order valence-corrected chi connectivity index (χ4v) is 2.83. The van der Waals surface area contributed by atoms with Crippen molar-refractivity contribution in [3.8, 4) is 0 Å². The fourth-order valence-electron chi connectivity index (χ4n) is 2.83. The third-order valence-electron chi connectivity index (χ3n) is 4.15. The quantitative estimate of drug-likeness (QED) is 0.778. The standard InChI is InChI=1S/C18H23N3O3/c22-18(17-3-1-12-24-17)21(15-16-4-6-19-7-5-16)9-2-8-20-10-13-23-14-11-20/h1,3-7,12H,2,8-11,13-15H2. The second kappa shape index (κ2) is 8.61. The van der Waals surface area contributed by atoms with Crippen LogP contribution in [0.2, 0.25) is 0 Å². The van der Waals surface area contributed by atoms with E-state index >= 15 is 0 Å². The molecule has 1 fully saturated rings. The van der Waals surface area contributed by atoms with Crippen molar-refractivity contribution in [2.24, 2.45) is 0 Å². The number of nitrogens with zero attached hydrogens (tertiary/aromatic N) is 3. The van der Waals surface area contributed by atoms with Crippen molar-refractivity contribution in [1.82, 2.24) is 14.8 Å². The van der Waals surface area contributed by atoms with E-state index in [0.717, 1.165) is 44.8 Å². The first-order chi connectivity index (χ1) is 11.8. The van der Waals surface area contributed by atoms with Crippen LogP contribution in [0.1, 0.15) is 22.5 Å². The molecule has 2 aromatic rings. The largest absolute Gasteiger partial charge is 0.459 e. The van der Waals surface area contributed by atoms with Gasteiger partial charge in [0.2, 0.25) is 0 Å². The molecule has 6 nitrogen and oxygen atoms in total. The monoisotopic (exact) mass is 329 g/mol. The van der Waals surface area contributed by atoms with E-state index in [1.807, 2.05) is 17.0 Å². The fraction of sp³-hybridized carbons (Fsp3) is 0.444. The van der Waals surface area contributed by atoms with Crippen molar-refractivity contribution in [2.75, 3.05) is 39.4 Å². The first kappa shape index (κ1) is 16.7. The van der Waals surface area contributed by atoms with Crippen LogP contribution in [0.3, 0.4) is 0 Å². The predicted octanol–water partition coefficient (Wildman–Crippen LogP) is 2.04. The molecular weight excluding hydrogens is 306 g/mol. The molecule has 3 heterocycles. The maximum absolute atomic E-state index is 12.7. The zero-order valence-corrected chi connectivity index (χ0v) is 13.8. The van der Waals surface area contributed by atoms with Crippen LogP contribution in [0, 0.1) is 0 Å². The summed E-state index contributed by atoms with van der Waals surface area (Å²) in [5.74, 6) is 0.314. The Hall–Kier alpha value is -2.18. The second-order valence-electron chi connectivity index (χ2n) is 5.87. The topological polar surface area (TPSA) is 58.8 Å². The molecule has 0 atom stereocenters. The van der Waals surface area contributed by atoms with Gasteiger partial charge in [0.05, 0.1) is 19.5 Å². The maximum atomic E-state index is 12.7. The van der Waals surface area contributed by atoms with Crippen LogP contribution in [0.15, 0.2) is 47.3 Å². The molecule has 0 bridgehead atoms. The Labute approximate surface area is 142 Å². The summed E-state index contributed by atoms with van der Waals surface area (Å²) in [5, 5.41) is 0. The lowest BCUT2D eigenvalue weighted by Crippen LogP contribution is -2.39. The van der Waals surface area contributed by atoms with Gasteiger partial charge in [-0.2, -0.15) is 0 Å². The average molecular weight is 329 g/mol. The average Bonchev–Trinajstić information content (AvgIpc) is 3.17. The third-order valence-corrected chi connectivity index (χ3v) is 4.15. The Balaban J connectivity index is 1.59. The molecule has 3 rings (SSSR count). The number of ether oxygens (including phenoxy) is 1. The molecule has 1 saturated heterocycles. The van der Waals surface area contributed by atoms with E-state index in [1.165, 1.54) is 6.26 Å². The number of pyridine rings is 1. The molecule has 1 aliphatic heterocycles. The Morgan fingerprint density at radius 2 is 2.00 bits per heavy atom. The highest BCUT2D eigenvalue weighted by molar-refractivity contribution is 5.91. The Morgan fingerprint density at radius 3 is 2.71 bits per heavy atom. The van der Waals surface area contributed by atoms with E-state index in [9.17, 15) is 4.79 Å². The van der Waals surface area contributed by atoms with Crippen LogP contribution >= 0.6 is 0 Å². The van der Waals surface area contributed by atoms with Crippen molar-refractivity contribution >= 4 is 5.91 Å². The third kappa shape index (κ3) is 4.66. The number of aromatic nitrogens is 1. The van der Waals surface area contributed by atoms with Crippen LogP contribution in [-0.2, 0) is 11.3 Å². The summed E-state index contributed by atoms with van der Waals surface area (Å²) in [6.45, 7) is 5.76. The highest BCUT2D eigenvalue weighted by Gasteiger charge is 2.19. The lowest BCUT2D eigenvalue weighted by atomic mass is 10.2. The number of carbonyl (C=O) groups is 1. The molecule has 0 aliphatic carbocycles. The number of amides is 1. The van der Waals surface area contributed by atoms with E-state index in [-0.39, 0.29) is 5.91 Å². The zero-order chi connectivity index (χ0) is 16.6. The van der Waals surface area contributed by atoms with Crippen LogP contribution in [0.25, 0.3) is 0 Å². The summed E-state index contributed by atoms with van der Waals surface area (Å²) >= 11 is 0. The van der Waals surface area contributed by atoms with Crippen molar-refractivity contribution < 1.29 is 13.9 Å². The molecule has 2 aromatic heterocycles. The van der Waals surface area contributed by atoms with Gasteiger partial charge in [0, 0.05) is 45.1 Å². The van der Waals surface area contributed by atoms with Gasteiger partial charge in [-0.3, -0.25) is 14.7 Å². The van der Waals surface area contributed by atoms with Crippen molar-refractivity contribution in [2.45, 2.75) is 13.0 Å². The van der Waals surface area contributed by atoms with E-state index in [4.69, 9.17) is 9.15 Å². The van der Waals surface area contributed by atoms with Gasteiger partial charge in [0.25, 0.3) is 5.91 Å². The number of morpholine rings is 1. The number of hydrogen-bond donors (Lipinski definition) is 0. The SMILES string of the molecule is O=C(c1ccco1)N(CCCN1CCOCC1)Cc1ccncc1. The van der Waals surface area contributed by atoms with E-state index in [0.29, 0.717) is 18.8 Å². The van der Waals surface area contributed by atoms with Gasteiger partial charge < -0.3 is 14.1 Å². The van der Waals surface area contributed by atoms with Crippen molar-refractivity contribution in [3.63, 3.8) is 0 Å². The molecule has 0 unspecified atom stereocenters. The maximum Gasteiger partial charge on any atom is 0.289 e. The van der Waals surface area contributed by atoms with Crippen LogP contribution in [0.5, 0.6) is 0 Å². The summed E-state index contributed by atoms with van der Waals surface area (Å²) in [6.07, 6.45) is 5.96. The van der Waals surface area contributed by atoms with Gasteiger partial charge in [-0.05, 0) is 36.2 Å². The summed E-state index contributed by atoms with van der Waals surface area (Å²) in [4.78, 5) is 20.9. The Morgan fingerprint density at radius 1 is 1.21 bits per heavy atom. The zero-order valence-electron chi connectivity index (χ0n) is 13.8. The van der Waals surface area contributed by atoms with E-state index < -0.39 is 0 Å². The molecular formula is C18H23N3O3. The molecule has 24 heavy (non-hydrogen) atoms. The normalized spacial score (nSPS) is 15.3. The summed E-state index contributed by atoms with van der Waals surface area (Å²) in [7, 11) is 0. The van der Waals surface area contributed by atoms with Gasteiger partial charge in [0.1, 0.15) is 0 Å². The van der Waals surface area contributed by atoms with Crippen LogP contribution < -0.4 is 0 Å². The lowest BCUT2D eigenvalue weighted by molar-refractivity contribution is 0.0354. The molecule has 0 N–H and O–H groups in total. The van der Waals surface area contributed by atoms with Gasteiger partial charge in [-0.1, -0.05) is 0 Å². The highest BCUT2D eigenvalue weighted by atomic mass is 16.5. The van der Waals surface area contributed by atoms with Crippen LogP contribution in [-0.4, -0.2) is 60.1 Å². The molecule has 6 heteroatoms. The highest BCUT2D eigenvalue weighted by Crippen LogP contribution is 2.11. The van der Waals surface area contributed by atoms with Crippen molar-refractivity contribution in [1.29, 1.82) is 0 Å². The number of hydrogen-bond acceptors (Lipinski definition) is 5. The van der Waals surface area contributed by atoms with Gasteiger partial charge >= 0.3 is 0 Å². The van der Waals surface area contributed by atoms with Crippen molar-refractivity contribution in [3.05, 3.63) is 54.2 Å². The summed E-state index contributed by atoms with van der Waals surface area (Å²) in [5.41, 5.74) is 1.07. The molecule has 1 amide bonds. The smallest absolute Gasteiger partial charge is 0.289 e. The minimum atomic E-state index is -0.0706. The van der Waals surface area contributed by atoms with Gasteiger partial charge in [0.15, 0.2) is 5.76 Å². The molecule has 0 spiro atoms. The first-order valence-electron chi connectivity index (χ1n) is 8.35. The summed E-state index contributed by atoms with van der Waals surface area (Å²) in [6, 6.07) is 7.32. The van der Waals surface area contributed by atoms with Gasteiger partial charge in [-0.15, -0.1) is 0 Å². The molecule has 0 radical (unpaired) electrons. The molecule has 0 saturated carbocycles. The number of furan rings is 1. The number of rotatable bonds is 7. The minimum Gasteiger partial charge on any atom is -0.459 e. The second-order valence-corrected chi connectivity index (χ2v) is 5.87. The molecule has 0 aromatic carbocycles. The predicted molar refractivity (Wildman–Crippen MR) is 89.6 cm³/mol. The lowest BCUT2D eigenvalue weighted by Gasteiger charge is -2.28. The van der Waals surface area contributed by atoms with Gasteiger partial charge in [-0.25, -0.2) is 0 Å². The molecule has 1 aliphatic rings. The first-order valence-corrected chi connectivity index (χ1v) is 8.35. The Kier molecular flexibility index (Phi) is 5.98. The van der Waals surface area contributed by atoms with E-state index in [2.05, 4.69) is 9.88 Å². The molecule has 128 valence electrons. The summed E-state index contributed by atoms with van der Waals surface area (Å²) < 4.78 is 10.6. The Bertz CT molecular complexity index is 610. The van der Waals surface area contributed by atoms with Crippen LogP contribution in [0.4, 0.5) is 0 Å². The number of carbonyl (C=O) groups excluding carboxylic acids is 1.